The van der Waals surface area contributed by atoms with Crippen LogP contribution in [-0.2, 0) is 9.59 Å². The zero-order chi connectivity index (χ0) is 15.9. The normalized spacial score (nSPS) is 12.1. The van der Waals surface area contributed by atoms with Crippen LogP contribution in [-0.4, -0.2) is 23.5 Å². The van der Waals surface area contributed by atoms with E-state index in [1.807, 2.05) is 6.92 Å². The van der Waals surface area contributed by atoms with Gasteiger partial charge in [0.1, 0.15) is 0 Å². The second kappa shape index (κ2) is 13.9. The molecule has 0 aromatic heterocycles. The Kier molecular flexibility index (Phi) is 13.2. The fourth-order valence-corrected chi connectivity index (χ4v) is 2.30. The average molecular weight is 299 g/mol. The monoisotopic (exact) mass is 299 g/mol. The minimum atomic E-state index is -0.746. The number of carbonyl (C=O) groups excluding carboxylic acids is 1. The summed E-state index contributed by atoms with van der Waals surface area (Å²) in [7, 11) is 0. The largest absolute Gasteiger partial charge is 0.481 e. The van der Waals surface area contributed by atoms with E-state index in [4.69, 9.17) is 5.11 Å². The van der Waals surface area contributed by atoms with Gasteiger partial charge in [-0.05, 0) is 25.2 Å². The molecule has 0 radical (unpaired) electrons. The van der Waals surface area contributed by atoms with Crippen LogP contribution in [0.25, 0.3) is 0 Å². The van der Waals surface area contributed by atoms with Crippen molar-refractivity contribution < 1.29 is 14.7 Å². The molecule has 4 nitrogen and oxygen atoms in total. The Hall–Kier alpha value is -1.06. The highest BCUT2D eigenvalue weighted by atomic mass is 16.4. The number of hydrogen-bond acceptors (Lipinski definition) is 2. The molecule has 0 aliphatic heterocycles. The van der Waals surface area contributed by atoms with E-state index in [0.29, 0.717) is 25.3 Å². The summed E-state index contributed by atoms with van der Waals surface area (Å²) in [5.41, 5.74) is 0. The first-order valence-electron chi connectivity index (χ1n) is 8.54. The van der Waals surface area contributed by atoms with Gasteiger partial charge in [-0.25, -0.2) is 0 Å². The van der Waals surface area contributed by atoms with Crippen LogP contribution in [0, 0.1) is 5.92 Å². The van der Waals surface area contributed by atoms with Gasteiger partial charge >= 0.3 is 5.97 Å². The van der Waals surface area contributed by atoms with E-state index in [0.717, 1.165) is 19.3 Å². The van der Waals surface area contributed by atoms with Gasteiger partial charge in [0, 0.05) is 19.4 Å². The van der Waals surface area contributed by atoms with E-state index in [-0.39, 0.29) is 12.3 Å². The Bertz CT molecular complexity index is 279. The average Bonchev–Trinajstić information content (AvgIpc) is 2.44. The van der Waals surface area contributed by atoms with Crippen molar-refractivity contribution in [3.05, 3.63) is 0 Å². The minimum Gasteiger partial charge on any atom is -0.481 e. The fourth-order valence-electron chi connectivity index (χ4n) is 2.30. The molecule has 0 heterocycles. The van der Waals surface area contributed by atoms with Gasteiger partial charge in [-0.2, -0.15) is 0 Å². The summed E-state index contributed by atoms with van der Waals surface area (Å²) in [6.45, 7) is 4.91. The highest BCUT2D eigenvalue weighted by molar-refractivity contribution is 5.75. The van der Waals surface area contributed by atoms with Crippen LogP contribution >= 0.6 is 0 Å². The molecule has 0 saturated carbocycles. The highest BCUT2D eigenvalue weighted by Gasteiger charge is 2.06. The lowest BCUT2D eigenvalue weighted by molar-refractivity contribution is -0.137. The predicted octanol–water partition coefficient (Wildman–Crippen LogP) is 4.13. The topological polar surface area (TPSA) is 66.4 Å². The number of aliphatic carboxylic acids is 1. The van der Waals surface area contributed by atoms with Crippen molar-refractivity contribution in [2.24, 2.45) is 5.92 Å². The lowest BCUT2D eigenvalue weighted by Crippen LogP contribution is -2.25. The maximum absolute atomic E-state index is 11.6. The zero-order valence-electron chi connectivity index (χ0n) is 13.8. The maximum Gasteiger partial charge on any atom is 0.303 e. The van der Waals surface area contributed by atoms with E-state index in [1.165, 1.54) is 32.1 Å². The first kappa shape index (κ1) is 19.9. The Labute approximate surface area is 129 Å². The predicted molar refractivity (Wildman–Crippen MR) is 86.3 cm³/mol. The Morgan fingerprint density at radius 1 is 0.952 bits per heavy atom. The molecule has 4 heteroatoms. The molecule has 21 heavy (non-hydrogen) atoms. The molecule has 0 fully saturated rings. The Balaban J connectivity index is 3.36. The second-order valence-electron chi connectivity index (χ2n) is 6.05. The number of carboxylic acid groups (broad SMARTS) is 1. The van der Waals surface area contributed by atoms with Crippen molar-refractivity contribution in [3.63, 3.8) is 0 Å². The standard InChI is InChI=1S/C17H33NO3/c1-3-4-5-6-7-8-9-10-16(19)18-14-13-15(2)11-12-17(20)21/h15H,3-14H2,1-2H3,(H,18,19)(H,20,21). The molecule has 0 spiro atoms. The van der Waals surface area contributed by atoms with Crippen LogP contribution in [0.15, 0.2) is 0 Å². The van der Waals surface area contributed by atoms with Crippen molar-refractivity contribution in [3.8, 4) is 0 Å². The summed E-state index contributed by atoms with van der Waals surface area (Å²) in [5.74, 6) is -0.265. The molecule has 0 aliphatic carbocycles. The van der Waals surface area contributed by atoms with Gasteiger partial charge in [0.25, 0.3) is 0 Å². The van der Waals surface area contributed by atoms with Crippen LogP contribution in [0.2, 0.25) is 0 Å². The maximum atomic E-state index is 11.6. The molecule has 0 aromatic carbocycles. The van der Waals surface area contributed by atoms with Gasteiger partial charge in [0.05, 0.1) is 0 Å². The third-order valence-electron chi connectivity index (χ3n) is 3.82. The van der Waals surface area contributed by atoms with E-state index in [1.54, 1.807) is 0 Å². The number of rotatable bonds is 14. The fraction of sp³-hybridized carbons (Fsp3) is 0.882. The number of carboxylic acids is 1. The summed E-state index contributed by atoms with van der Waals surface area (Å²) < 4.78 is 0. The summed E-state index contributed by atoms with van der Waals surface area (Å²) in [4.78, 5) is 22.1. The van der Waals surface area contributed by atoms with Crippen LogP contribution in [0.4, 0.5) is 0 Å². The minimum absolute atomic E-state index is 0.133. The first-order chi connectivity index (χ1) is 10.1. The number of nitrogens with one attached hydrogen (secondary N) is 1. The molecule has 0 saturated heterocycles. The number of hydrogen-bond donors (Lipinski definition) is 2. The molecule has 0 aliphatic rings. The number of carbonyl (C=O) groups is 2. The van der Waals surface area contributed by atoms with Gasteiger partial charge in [0.2, 0.25) is 5.91 Å². The van der Waals surface area contributed by atoms with Gasteiger partial charge in [-0.1, -0.05) is 52.4 Å². The molecule has 1 atom stereocenters. The molecule has 2 N–H and O–H groups in total. The summed E-state index contributed by atoms with van der Waals surface area (Å²) in [6.07, 6.45) is 10.9. The van der Waals surface area contributed by atoms with Crippen LogP contribution in [0.1, 0.15) is 84.5 Å². The summed E-state index contributed by atoms with van der Waals surface area (Å²) >= 11 is 0. The Morgan fingerprint density at radius 3 is 2.19 bits per heavy atom. The zero-order valence-corrected chi connectivity index (χ0v) is 13.8. The van der Waals surface area contributed by atoms with E-state index in [2.05, 4.69) is 12.2 Å². The van der Waals surface area contributed by atoms with E-state index >= 15 is 0 Å². The third-order valence-corrected chi connectivity index (χ3v) is 3.82. The van der Waals surface area contributed by atoms with Crippen molar-refractivity contribution in [2.75, 3.05) is 6.54 Å². The number of amides is 1. The van der Waals surface area contributed by atoms with E-state index < -0.39 is 5.97 Å². The van der Waals surface area contributed by atoms with Crippen molar-refractivity contribution in [1.29, 1.82) is 0 Å². The summed E-state index contributed by atoms with van der Waals surface area (Å²) in [5, 5.41) is 11.5. The van der Waals surface area contributed by atoms with Crippen molar-refractivity contribution in [1.82, 2.24) is 5.32 Å². The smallest absolute Gasteiger partial charge is 0.303 e. The Morgan fingerprint density at radius 2 is 1.57 bits per heavy atom. The molecular formula is C17H33NO3. The SMILES string of the molecule is CCCCCCCCCC(=O)NCCC(C)CCC(=O)O. The van der Waals surface area contributed by atoms with Crippen LogP contribution in [0.3, 0.4) is 0 Å². The van der Waals surface area contributed by atoms with Crippen LogP contribution < -0.4 is 5.32 Å². The molecule has 1 amide bonds. The molecule has 0 aromatic rings. The van der Waals surface area contributed by atoms with Gasteiger partial charge in [-0.3, -0.25) is 9.59 Å². The van der Waals surface area contributed by atoms with Crippen molar-refractivity contribution >= 4 is 11.9 Å². The molecule has 0 rings (SSSR count). The van der Waals surface area contributed by atoms with Crippen LogP contribution in [0.5, 0.6) is 0 Å². The number of unbranched alkanes of at least 4 members (excludes halogenated alkanes) is 6. The molecule has 124 valence electrons. The third kappa shape index (κ3) is 15.2. The second-order valence-corrected chi connectivity index (χ2v) is 6.05. The first-order valence-corrected chi connectivity index (χ1v) is 8.54. The highest BCUT2D eigenvalue weighted by Crippen LogP contribution is 2.10. The quantitative estimate of drug-likeness (QED) is 0.474. The summed E-state index contributed by atoms with van der Waals surface area (Å²) in [6, 6.07) is 0. The van der Waals surface area contributed by atoms with Crippen molar-refractivity contribution in [2.45, 2.75) is 84.5 Å². The van der Waals surface area contributed by atoms with Gasteiger partial charge < -0.3 is 10.4 Å². The molecular weight excluding hydrogens is 266 g/mol. The van der Waals surface area contributed by atoms with E-state index in [9.17, 15) is 9.59 Å². The van der Waals surface area contributed by atoms with Gasteiger partial charge in [-0.15, -0.1) is 0 Å². The van der Waals surface area contributed by atoms with Gasteiger partial charge in [0.15, 0.2) is 0 Å². The molecule has 0 bridgehead atoms. The molecule has 1 unspecified atom stereocenters. The lowest BCUT2D eigenvalue weighted by Gasteiger charge is -2.10. The lowest BCUT2D eigenvalue weighted by atomic mass is 10.0.